The zero-order chi connectivity index (χ0) is 25.0. The Balaban J connectivity index is 1.42. The van der Waals surface area contributed by atoms with Crippen molar-refractivity contribution in [2.45, 2.75) is 63.1 Å². The number of amides is 1. The summed E-state index contributed by atoms with van der Waals surface area (Å²) in [5.41, 5.74) is 1.17. The summed E-state index contributed by atoms with van der Waals surface area (Å²) in [6.45, 7) is 4.64. The Labute approximate surface area is 204 Å². The van der Waals surface area contributed by atoms with E-state index in [1.807, 2.05) is 12.1 Å². The number of fused-ring (bicyclic) bond motifs is 3. The molecule has 5 rings (SSSR count). The maximum atomic E-state index is 14.9. The number of phenolic OH excluding ortho intramolecular Hbond substituents is 1. The zero-order valence-electron chi connectivity index (χ0n) is 20.7. The maximum Gasteiger partial charge on any atom is 0.254 e. The first-order valence-electron chi connectivity index (χ1n) is 12.1. The lowest BCUT2D eigenvalue weighted by molar-refractivity contribution is 0.0784. The van der Waals surface area contributed by atoms with Gasteiger partial charge in [-0.2, -0.15) is 0 Å². The van der Waals surface area contributed by atoms with Crippen LogP contribution >= 0.6 is 0 Å². The molecular weight excluding hydrogens is 445 g/mol. The van der Waals surface area contributed by atoms with Crippen LogP contribution < -0.4 is 15.5 Å². The quantitative estimate of drug-likeness (QED) is 0.516. The third-order valence-electron chi connectivity index (χ3n) is 7.81. The summed E-state index contributed by atoms with van der Waals surface area (Å²) < 4.78 is 14.9. The molecule has 2 aromatic carbocycles. The summed E-state index contributed by atoms with van der Waals surface area (Å²) in [6.07, 6.45) is 5.74. The van der Waals surface area contributed by atoms with Crippen LogP contribution in [0.25, 0.3) is 22.0 Å². The summed E-state index contributed by atoms with van der Waals surface area (Å²) in [5.74, 6) is -0.514. The molecule has 3 N–H and O–H groups in total. The molecule has 2 aliphatic rings. The third kappa shape index (κ3) is 4.20. The fourth-order valence-corrected chi connectivity index (χ4v) is 6.10. The van der Waals surface area contributed by atoms with Gasteiger partial charge in [0.15, 0.2) is 5.82 Å². The molecule has 2 aliphatic heterocycles. The first-order chi connectivity index (χ1) is 16.6. The molecular formula is C27H32FN5O2. The summed E-state index contributed by atoms with van der Waals surface area (Å²) in [4.78, 5) is 14.1. The highest BCUT2D eigenvalue weighted by atomic mass is 19.1. The van der Waals surface area contributed by atoms with Gasteiger partial charge in [0.2, 0.25) is 0 Å². The zero-order valence-corrected chi connectivity index (χ0v) is 20.7. The Morgan fingerprint density at radius 1 is 1.14 bits per heavy atom. The molecule has 1 amide bonds. The van der Waals surface area contributed by atoms with Crippen molar-refractivity contribution in [3.05, 3.63) is 47.8 Å². The Kier molecular flexibility index (Phi) is 5.67. The van der Waals surface area contributed by atoms with Gasteiger partial charge in [-0.15, -0.1) is 10.2 Å². The second kappa shape index (κ2) is 8.45. The van der Waals surface area contributed by atoms with Crippen molar-refractivity contribution < 1.29 is 14.3 Å². The minimum Gasteiger partial charge on any atom is -0.507 e. The van der Waals surface area contributed by atoms with Gasteiger partial charge >= 0.3 is 0 Å². The van der Waals surface area contributed by atoms with E-state index >= 15 is 0 Å². The number of aromatic hydroxyl groups is 1. The number of halogens is 1. The number of nitrogens with zero attached hydrogens (tertiary/aromatic N) is 3. The molecule has 184 valence electrons. The van der Waals surface area contributed by atoms with E-state index in [9.17, 15) is 14.3 Å². The minimum atomic E-state index is -0.666. The van der Waals surface area contributed by atoms with E-state index in [1.54, 1.807) is 12.1 Å². The van der Waals surface area contributed by atoms with Gasteiger partial charge in [0, 0.05) is 42.2 Å². The molecule has 0 unspecified atom stereocenters. The number of rotatable bonds is 4. The molecule has 3 heterocycles. The first kappa shape index (κ1) is 23.5. The van der Waals surface area contributed by atoms with Crippen LogP contribution in [0.3, 0.4) is 0 Å². The van der Waals surface area contributed by atoms with Crippen molar-refractivity contribution in [1.29, 1.82) is 0 Å². The van der Waals surface area contributed by atoms with Gasteiger partial charge < -0.3 is 20.6 Å². The normalized spacial score (nSPS) is 25.9. The van der Waals surface area contributed by atoms with E-state index in [0.717, 1.165) is 18.7 Å². The molecule has 35 heavy (non-hydrogen) atoms. The second-order valence-electron chi connectivity index (χ2n) is 10.6. The van der Waals surface area contributed by atoms with Gasteiger partial charge in [-0.05, 0) is 81.7 Å². The van der Waals surface area contributed by atoms with E-state index in [1.165, 1.54) is 38.4 Å². The summed E-state index contributed by atoms with van der Waals surface area (Å²) in [7, 11) is 3.52. The number of piperidine rings is 2. The number of nitrogens with one attached hydrogen (secondary N) is 2. The molecule has 7 nitrogen and oxygen atoms in total. The first-order valence-corrected chi connectivity index (χ1v) is 12.1. The highest BCUT2D eigenvalue weighted by Gasteiger charge is 2.46. The number of hydrogen-bond acceptors (Lipinski definition) is 6. The maximum absolute atomic E-state index is 14.9. The number of benzene rings is 2. The van der Waals surface area contributed by atoms with Crippen molar-refractivity contribution in [2.24, 2.45) is 0 Å². The lowest BCUT2D eigenvalue weighted by atomic mass is 9.69. The number of hydrogen-bond donors (Lipinski definition) is 3. The molecule has 1 aromatic heterocycles. The van der Waals surface area contributed by atoms with Gasteiger partial charge in [-0.3, -0.25) is 4.79 Å². The Morgan fingerprint density at radius 3 is 2.49 bits per heavy atom. The molecule has 3 atom stereocenters. The molecule has 2 bridgehead atoms. The number of carbonyl (C=O) groups excluding carboxylic acids is 1. The van der Waals surface area contributed by atoms with Gasteiger partial charge in [0.25, 0.3) is 5.91 Å². The van der Waals surface area contributed by atoms with Crippen molar-refractivity contribution in [3.8, 4) is 17.0 Å². The lowest BCUT2D eigenvalue weighted by Crippen LogP contribution is -2.66. The molecule has 0 radical (unpaired) electrons. The topological polar surface area (TPSA) is 90.4 Å². The smallest absolute Gasteiger partial charge is 0.254 e. The molecule has 0 spiro atoms. The predicted molar refractivity (Wildman–Crippen MR) is 135 cm³/mol. The van der Waals surface area contributed by atoms with E-state index in [-0.39, 0.29) is 27.8 Å². The minimum absolute atomic E-state index is 0.0656. The number of carbonyl (C=O) groups is 1. The van der Waals surface area contributed by atoms with Gasteiger partial charge in [-0.1, -0.05) is 6.07 Å². The van der Waals surface area contributed by atoms with E-state index in [0.29, 0.717) is 22.7 Å². The second-order valence-corrected chi connectivity index (χ2v) is 10.6. The van der Waals surface area contributed by atoms with Crippen LogP contribution in [-0.2, 0) is 0 Å². The molecule has 8 heteroatoms. The van der Waals surface area contributed by atoms with Crippen molar-refractivity contribution in [3.63, 3.8) is 0 Å². The third-order valence-corrected chi connectivity index (χ3v) is 7.81. The van der Waals surface area contributed by atoms with Crippen LogP contribution in [0, 0.1) is 5.82 Å². The average Bonchev–Trinajstić information content (AvgIpc) is 2.82. The fraction of sp³-hybridized carbons (Fsp3) is 0.444. The van der Waals surface area contributed by atoms with E-state index < -0.39 is 11.7 Å². The molecule has 0 saturated carbocycles. The number of phenols is 1. The summed E-state index contributed by atoms with van der Waals surface area (Å²) in [6, 6.07) is 10.2. The van der Waals surface area contributed by atoms with Gasteiger partial charge in [0.1, 0.15) is 11.6 Å². The van der Waals surface area contributed by atoms with E-state index in [4.69, 9.17) is 0 Å². The Bertz CT molecular complexity index is 1280. The Morgan fingerprint density at radius 2 is 1.86 bits per heavy atom. The van der Waals surface area contributed by atoms with Crippen LogP contribution in [0.15, 0.2) is 36.4 Å². The summed E-state index contributed by atoms with van der Waals surface area (Å²) >= 11 is 0. The van der Waals surface area contributed by atoms with Crippen molar-refractivity contribution in [2.75, 3.05) is 19.0 Å². The lowest BCUT2D eigenvalue weighted by Gasteiger charge is -2.55. The van der Waals surface area contributed by atoms with Gasteiger partial charge in [-0.25, -0.2) is 4.39 Å². The van der Waals surface area contributed by atoms with Crippen molar-refractivity contribution >= 4 is 22.5 Å². The predicted octanol–water partition coefficient (Wildman–Crippen LogP) is 4.39. The highest BCUT2D eigenvalue weighted by Crippen LogP contribution is 2.42. The van der Waals surface area contributed by atoms with Crippen LogP contribution in [0.5, 0.6) is 5.75 Å². The monoisotopic (exact) mass is 477 g/mol. The SMILES string of the molecule is CNC(=O)c1ccc2cc(-c3ccc(N(C)[C@H]4C[C@]5(C)CCC[C@](C)(C4)N5)nn3)c(O)cc2c1F. The largest absolute Gasteiger partial charge is 0.507 e. The number of aromatic nitrogens is 2. The Hall–Kier alpha value is -3.26. The number of anilines is 1. The van der Waals surface area contributed by atoms with Crippen LogP contribution in [0.1, 0.15) is 56.3 Å². The van der Waals surface area contributed by atoms with Gasteiger partial charge in [0.05, 0.1) is 11.3 Å². The van der Waals surface area contributed by atoms with Crippen molar-refractivity contribution in [1.82, 2.24) is 20.8 Å². The highest BCUT2D eigenvalue weighted by molar-refractivity contribution is 6.00. The molecule has 0 aliphatic carbocycles. The summed E-state index contributed by atoms with van der Waals surface area (Å²) in [5, 5.41) is 26.6. The molecule has 3 aromatic rings. The van der Waals surface area contributed by atoms with Crippen LogP contribution in [0.2, 0.25) is 0 Å². The average molecular weight is 478 g/mol. The van der Waals surface area contributed by atoms with E-state index in [2.05, 4.69) is 46.6 Å². The van der Waals surface area contributed by atoms with Crippen LogP contribution in [0.4, 0.5) is 10.2 Å². The van der Waals surface area contributed by atoms with Crippen LogP contribution in [-0.4, -0.2) is 52.4 Å². The molecule has 2 saturated heterocycles. The standard InChI is InChI=1S/C27H32FN5O2/c1-26-10-5-11-27(2,32-26)15-17(14-26)33(4)23-9-8-21(30-31-23)20-12-16-6-7-18(25(35)29-3)24(28)19(16)13-22(20)34/h6-9,12-13,17,32,34H,5,10-11,14-15H2,1-4H3,(H,29,35)/t17-,26-,27+. The fourth-order valence-electron chi connectivity index (χ4n) is 6.10. The molecule has 2 fully saturated rings.